The van der Waals surface area contributed by atoms with Crippen molar-refractivity contribution in [1.82, 2.24) is 20.6 Å². The Bertz CT molecular complexity index is 489. The van der Waals surface area contributed by atoms with Crippen LogP contribution in [0.15, 0.2) is 41.4 Å². The summed E-state index contributed by atoms with van der Waals surface area (Å²) in [5.41, 5.74) is 0.930. The minimum Gasteiger partial charge on any atom is -0.859 e. The van der Waals surface area contributed by atoms with E-state index in [1.54, 1.807) is 6.08 Å². The second-order valence-corrected chi connectivity index (χ2v) is 2.91. The number of tetrazole rings is 1. The Labute approximate surface area is 91.4 Å². The average molecular weight is 214 g/mol. The van der Waals surface area contributed by atoms with Gasteiger partial charge >= 0.3 is 0 Å². The number of aromatic amines is 1. The predicted molar refractivity (Wildman–Crippen MR) is 56.7 cm³/mol. The van der Waals surface area contributed by atoms with Crippen LogP contribution < -0.4 is 5.11 Å². The lowest BCUT2D eigenvalue weighted by molar-refractivity contribution is -0.211. The molecule has 0 aliphatic heterocycles. The number of benzene rings is 1. The highest BCUT2D eigenvalue weighted by molar-refractivity contribution is 5.89. The zero-order valence-corrected chi connectivity index (χ0v) is 8.24. The number of rotatable bonds is 3. The maximum absolute atomic E-state index is 11.3. The summed E-state index contributed by atoms with van der Waals surface area (Å²) in [6, 6.07) is 9.46. The number of aliphatic imine (C=N–C) groups is 1. The summed E-state index contributed by atoms with van der Waals surface area (Å²) < 4.78 is 0. The van der Waals surface area contributed by atoms with E-state index in [4.69, 9.17) is 0 Å². The predicted octanol–water partition coefficient (Wildman–Crippen LogP) is 0.303. The van der Waals surface area contributed by atoms with Gasteiger partial charge in [-0.3, -0.25) is 0 Å². The van der Waals surface area contributed by atoms with E-state index in [9.17, 15) is 5.11 Å². The fraction of sp³-hybridized carbons (Fsp3) is 0. The van der Waals surface area contributed by atoms with E-state index in [0.29, 0.717) is 0 Å². The van der Waals surface area contributed by atoms with Gasteiger partial charge in [-0.2, -0.15) is 5.21 Å². The van der Waals surface area contributed by atoms with E-state index >= 15 is 0 Å². The van der Waals surface area contributed by atoms with Gasteiger partial charge in [-0.25, -0.2) is 4.99 Å². The fourth-order valence-electron chi connectivity index (χ4n) is 1.07. The summed E-state index contributed by atoms with van der Waals surface area (Å²) in [6.45, 7) is 0. The molecule has 0 aliphatic carbocycles. The van der Waals surface area contributed by atoms with Crippen molar-refractivity contribution in [1.29, 1.82) is 0 Å². The van der Waals surface area contributed by atoms with Crippen molar-refractivity contribution in [2.24, 2.45) is 4.99 Å². The Morgan fingerprint density at radius 2 is 2.12 bits per heavy atom. The van der Waals surface area contributed by atoms with E-state index < -0.39 is 5.90 Å². The van der Waals surface area contributed by atoms with E-state index in [2.05, 4.69) is 25.6 Å². The molecule has 0 aliphatic rings. The first-order valence-electron chi connectivity index (χ1n) is 4.57. The topological polar surface area (TPSA) is 89.9 Å². The first-order valence-corrected chi connectivity index (χ1v) is 4.57. The minimum atomic E-state index is -0.426. The molecule has 1 N–H and O–H groups in total. The molecule has 0 bridgehead atoms. The van der Waals surface area contributed by atoms with E-state index in [-0.39, 0.29) is 5.95 Å². The molecule has 2 rings (SSSR count). The van der Waals surface area contributed by atoms with Crippen molar-refractivity contribution in [3.8, 4) is 0 Å². The quantitative estimate of drug-likeness (QED) is 0.587. The molecule has 0 fully saturated rings. The summed E-state index contributed by atoms with van der Waals surface area (Å²) in [5, 5.41) is 23.9. The minimum absolute atomic E-state index is 0.0303. The summed E-state index contributed by atoms with van der Waals surface area (Å²) in [4.78, 5) is 3.59. The summed E-state index contributed by atoms with van der Waals surface area (Å²) in [6.07, 6.45) is 3.03. The van der Waals surface area contributed by atoms with Gasteiger partial charge in [0.05, 0.1) is 0 Å². The van der Waals surface area contributed by atoms with Crippen LogP contribution in [0.3, 0.4) is 0 Å². The van der Waals surface area contributed by atoms with E-state index in [1.807, 2.05) is 30.3 Å². The Morgan fingerprint density at radius 1 is 1.31 bits per heavy atom. The van der Waals surface area contributed by atoms with Crippen molar-refractivity contribution in [3.63, 3.8) is 0 Å². The molecule has 0 amide bonds. The number of nitrogens with zero attached hydrogens (tertiary/aromatic N) is 4. The zero-order chi connectivity index (χ0) is 11.2. The summed E-state index contributed by atoms with van der Waals surface area (Å²) in [5.74, 6) is -0.395. The molecule has 0 saturated carbocycles. The molecule has 80 valence electrons. The van der Waals surface area contributed by atoms with Gasteiger partial charge in [0.15, 0.2) is 0 Å². The highest BCUT2D eigenvalue weighted by Gasteiger charge is 1.90. The molecule has 1 aromatic carbocycles. The molecular weight excluding hydrogens is 206 g/mol. The highest BCUT2D eigenvalue weighted by atomic mass is 16.3. The van der Waals surface area contributed by atoms with Crippen molar-refractivity contribution in [2.45, 2.75) is 0 Å². The first-order chi connectivity index (χ1) is 7.84. The third kappa shape index (κ3) is 2.74. The van der Waals surface area contributed by atoms with Gasteiger partial charge in [0.2, 0.25) is 0 Å². The van der Waals surface area contributed by atoms with Crippen LogP contribution in [0.5, 0.6) is 0 Å². The molecule has 0 radical (unpaired) electrons. The van der Waals surface area contributed by atoms with Gasteiger partial charge in [0, 0.05) is 0 Å². The molecule has 0 saturated heterocycles. The largest absolute Gasteiger partial charge is 0.859 e. The maximum atomic E-state index is 11.3. The number of hydrogen-bond acceptors (Lipinski definition) is 5. The number of aromatic nitrogens is 4. The second-order valence-electron chi connectivity index (χ2n) is 2.91. The SMILES string of the molecule is [O-]C(C=Cc1ccccc1)=Nc1nn[nH]n1. The summed E-state index contributed by atoms with van der Waals surface area (Å²) >= 11 is 0. The molecule has 16 heavy (non-hydrogen) atoms. The van der Waals surface area contributed by atoms with Gasteiger partial charge in [0.25, 0.3) is 5.95 Å². The van der Waals surface area contributed by atoms with Crippen molar-refractivity contribution in [3.05, 3.63) is 42.0 Å². The smallest absolute Gasteiger partial charge is 0.288 e. The monoisotopic (exact) mass is 214 g/mol. The summed E-state index contributed by atoms with van der Waals surface area (Å²) in [7, 11) is 0. The molecule has 0 unspecified atom stereocenters. The average Bonchev–Trinajstić information content (AvgIpc) is 2.81. The lowest BCUT2D eigenvalue weighted by Gasteiger charge is -2.01. The Kier molecular flexibility index (Phi) is 3.03. The second kappa shape index (κ2) is 4.83. The Hall–Kier alpha value is -2.50. The molecule has 1 heterocycles. The lowest BCUT2D eigenvalue weighted by Crippen LogP contribution is -2.13. The maximum Gasteiger partial charge on any atom is 0.288 e. The molecule has 1 aromatic heterocycles. The van der Waals surface area contributed by atoms with Crippen LogP contribution in [0.1, 0.15) is 5.56 Å². The van der Waals surface area contributed by atoms with Crippen molar-refractivity contribution < 1.29 is 5.11 Å². The molecule has 0 spiro atoms. The van der Waals surface area contributed by atoms with Crippen LogP contribution in [0.4, 0.5) is 5.95 Å². The van der Waals surface area contributed by atoms with Crippen LogP contribution in [0, 0.1) is 0 Å². The molecule has 2 aromatic rings. The van der Waals surface area contributed by atoms with Crippen LogP contribution in [-0.4, -0.2) is 26.5 Å². The fourth-order valence-corrected chi connectivity index (χ4v) is 1.07. The Balaban J connectivity index is 2.08. The van der Waals surface area contributed by atoms with Gasteiger partial charge in [0.1, 0.15) is 0 Å². The third-order valence-corrected chi connectivity index (χ3v) is 1.76. The third-order valence-electron chi connectivity index (χ3n) is 1.76. The van der Waals surface area contributed by atoms with Crippen LogP contribution in [-0.2, 0) is 0 Å². The van der Waals surface area contributed by atoms with E-state index in [0.717, 1.165) is 5.56 Å². The van der Waals surface area contributed by atoms with Crippen LogP contribution in [0.25, 0.3) is 6.08 Å². The first kappa shape index (κ1) is 10.0. The van der Waals surface area contributed by atoms with Gasteiger partial charge in [-0.15, -0.1) is 5.10 Å². The van der Waals surface area contributed by atoms with Crippen molar-refractivity contribution in [2.75, 3.05) is 0 Å². The Morgan fingerprint density at radius 3 is 2.81 bits per heavy atom. The van der Waals surface area contributed by atoms with Crippen molar-refractivity contribution >= 4 is 17.9 Å². The number of H-pyrrole nitrogens is 1. The zero-order valence-electron chi connectivity index (χ0n) is 8.24. The number of hydrogen-bond donors (Lipinski definition) is 1. The lowest BCUT2D eigenvalue weighted by atomic mass is 10.2. The van der Waals surface area contributed by atoms with Gasteiger partial charge in [-0.05, 0) is 16.7 Å². The van der Waals surface area contributed by atoms with E-state index in [1.165, 1.54) is 6.08 Å². The molecular formula is C10H8N5O-. The molecule has 6 heteroatoms. The van der Waals surface area contributed by atoms with Gasteiger partial charge in [-0.1, -0.05) is 47.6 Å². The molecule has 6 nitrogen and oxygen atoms in total. The standard InChI is InChI=1S/C10H9N5O/c16-9(11-10-12-14-15-13-10)7-6-8-4-2-1-3-5-8/h1-7H,(H2,11,12,13,14,15,16)/p-1. The molecule has 0 atom stereocenters. The van der Waals surface area contributed by atoms with Gasteiger partial charge < -0.3 is 5.11 Å². The number of nitrogens with one attached hydrogen (secondary N) is 1. The van der Waals surface area contributed by atoms with Crippen LogP contribution in [0.2, 0.25) is 0 Å². The van der Waals surface area contributed by atoms with Crippen LogP contribution >= 0.6 is 0 Å². The highest BCUT2D eigenvalue weighted by Crippen LogP contribution is 2.02. The normalized spacial score (nSPS) is 12.1.